The Morgan fingerprint density at radius 3 is 2.20 bits per heavy atom. The molecule has 1 heterocycles. The fraction of sp³-hybridized carbons (Fsp3) is 0.135. The molecule has 1 atom stereocenters. The Balaban J connectivity index is 1.39. The van der Waals surface area contributed by atoms with Crippen molar-refractivity contribution in [1.82, 2.24) is 0 Å². The minimum absolute atomic E-state index is 0.137. The first-order valence-corrected chi connectivity index (χ1v) is 17.4. The lowest BCUT2D eigenvalue weighted by molar-refractivity contribution is -0.115. The molecule has 1 aromatic heterocycles. The number of amides is 2. The molecule has 49 heavy (non-hydrogen) atoms. The van der Waals surface area contributed by atoms with Crippen molar-refractivity contribution >= 4 is 80.3 Å². The zero-order valence-electron chi connectivity index (χ0n) is 26.9. The van der Waals surface area contributed by atoms with Crippen LogP contribution in [0.5, 0.6) is 5.75 Å². The van der Waals surface area contributed by atoms with Crippen LogP contribution < -0.4 is 26.0 Å². The number of anilines is 4. The third kappa shape index (κ3) is 9.05. The van der Waals surface area contributed by atoms with Crippen LogP contribution in [0.15, 0.2) is 114 Å². The van der Waals surface area contributed by atoms with E-state index in [1.165, 1.54) is 11.8 Å². The Morgan fingerprint density at radius 2 is 1.49 bits per heavy atom. The monoisotopic (exact) mass is 710 g/mol. The van der Waals surface area contributed by atoms with Crippen LogP contribution in [0.3, 0.4) is 0 Å². The standard InChI is InChI=1S/C37H34N4O5S3/c1-4-46-36(44)30-23(2)31(33(42)38-25-16-9-6-10-17-25)49-35(30)41-34(43)32(24-14-7-5-8-15-24)48-27-19-13-18-26(22-27)39-37(47)40-28-20-11-12-21-29(28)45-3/h5-22,32H,4H2,1-3H3,(H,38,42)(H,41,43)(H2,39,40,47). The van der Waals surface area contributed by atoms with E-state index in [4.69, 9.17) is 21.7 Å². The van der Waals surface area contributed by atoms with E-state index in [2.05, 4.69) is 21.3 Å². The Bertz CT molecular complexity index is 1950. The van der Waals surface area contributed by atoms with Crippen LogP contribution in [0.4, 0.5) is 22.1 Å². The average Bonchev–Trinajstić information content (AvgIpc) is 3.43. The lowest BCUT2D eigenvalue weighted by Crippen LogP contribution is -2.20. The summed E-state index contributed by atoms with van der Waals surface area (Å²) in [7, 11) is 1.59. The van der Waals surface area contributed by atoms with Crippen LogP contribution >= 0.6 is 35.3 Å². The van der Waals surface area contributed by atoms with Gasteiger partial charge in [-0.3, -0.25) is 9.59 Å². The van der Waals surface area contributed by atoms with E-state index >= 15 is 0 Å². The van der Waals surface area contributed by atoms with Gasteiger partial charge in [-0.1, -0.05) is 66.7 Å². The van der Waals surface area contributed by atoms with Gasteiger partial charge in [-0.15, -0.1) is 23.1 Å². The largest absolute Gasteiger partial charge is 0.495 e. The highest BCUT2D eigenvalue weighted by molar-refractivity contribution is 8.00. The fourth-order valence-electron chi connectivity index (χ4n) is 4.87. The van der Waals surface area contributed by atoms with Crippen molar-refractivity contribution in [1.29, 1.82) is 0 Å². The summed E-state index contributed by atoms with van der Waals surface area (Å²) in [5.74, 6) is -0.727. The molecule has 0 aliphatic rings. The van der Waals surface area contributed by atoms with Crippen LogP contribution in [0.2, 0.25) is 0 Å². The summed E-state index contributed by atoms with van der Waals surface area (Å²) in [6.45, 7) is 3.51. The van der Waals surface area contributed by atoms with Crippen LogP contribution in [-0.2, 0) is 9.53 Å². The molecule has 2 amide bonds. The van der Waals surface area contributed by atoms with Gasteiger partial charge in [0, 0.05) is 16.3 Å². The number of hydrogen-bond donors (Lipinski definition) is 4. The van der Waals surface area contributed by atoms with Crippen molar-refractivity contribution in [3.63, 3.8) is 0 Å². The van der Waals surface area contributed by atoms with E-state index in [-0.39, 0.29) is 23.1 Å². The lowest BCUT2D eigenvalue weighted by atomic mass is 10.1. The van der Waals surface area contributed by atoms with Crippen molar-refractivity contribution in [3.05, 3.63) is 131 Å². The van der Waals surface area contributed by atoms with Crippen molar-refractivity contribution in [2.45, 2.75) is 24.0 Å². The van der Waals surface area contributed by atoms with Gasteiger partial charge in [-0.05, 0) is 79.7 Å². The maximum Gasteiger partial charge on any atom is 0.341 e. The number of hydrogen-bond acceptors (Lipinski definition) is 8. The summed E-state index contributed by atoms with van der Waals surface area (Å²) in [4.78, 5) is 41.7. The molecule has 1 unspecified atom stereocenters. The Morgan fingerprint density at radius 1 is 0.816 bits per heavy atom. The number of nitrogens with one attached hydrogen (secondary N) is 4. The van der Waals surface area contributed by atoms with Gasteiger partial charge in [0.2, 0.25) is 5.91 Å². The van der Waals surface area contributed by atoms with Gasteiger partial charge in [0.1, 0.15) is 16.0 Å². The first-order chi connectivity index (χ1) is 23.8. The third-order valence-electron chi connectivity index (χ3n) is 7.14. The molecule has 4 N–H and O–H groups in total. The molecule has 5 aromatic rings. The van der Waals surface area contributed by atoms with Crippen LogP contribution in [0.25, 0.3) is 0 Å². The topological polar surface area (TPSA) is 118 Å². The summed E-state index contributed by atoms with van der Waals surface area (Å²) < 4.78 is 10.7. The number of rotatable bonds is 12. The van der Waals surface area contributed by atoms with E-state index in [9.17, 15) is 14.4 Å². The van der Waals surface area contributed by atoms with E-state index in [1.54, 1.807) is 33.1 Å². The number of para-hydroxylation sites is 3. The predicted octanol–water partition coefficient (Wildman–Crippen LogP) is 8.78. The maximum absolute atomic E-state index is 14.1. The van der Waals surface area contributed by atoms with Gasteiger partial charge in [0.15, 0.2) is 5.11 Å². The summed E-state index contributed by atoms with van der Waals surface area (Å²) in [6.07, 6.45) is 0. The number of esters is 1. The SMILES string of the molecule is CCOC(=O)c1c(NC(=O)C(Sc2cccc(NC(=S)Nc3ccccc3OC)c2)c2ccccc2)sc(C(=O)Nc2ccccc2)c1C. The van der Waals surface area contributed by atoms with Crippen molar-refractivity contribution in [2.24, 2.45) is 0 Å². The number of thiophene rings is 1. The number of ether oxygens (including phenoxy) is 2. The minimum Gasteiger partial charge on any atom is -0.495 e. The molecular weight excluding hydrogens is 677 g/mol. The fourth-order valence-corrected chi connectivity index (χ4v) is 7.27. The second-order valence-corrected chi connectivity index (χ2v) is 13.1. The summed E-state index contributed by atoms with van der Waals surface area (Å²) >= 11 is 7.92. The molecule has 0 spiro atoms. The molecule has 0 radical (unpaired) electrons. The van der Waals surface area contributed by atoms with Gasteiger partial charge in [0.25, 0.3) is 5.91 Å². The van der Waals surface area contributed by atoms with Gasteiger partial charge < -0.3 is 30.7 Å². The number of methoxy groups -OCH3 is 1. The number of carbonyl (C=O) groups excluding carboxylic acids is 3. The summed E-state index contributed by atoms with van der Waals surface area (Å²) in [5, 5.41) is 12.1. The summed E-state index contributed by atoms with van der Waals surface area (Å²) in [5.41, 5.74) is 3.38. The lowest BCUT2D eigenvalue weighted by Gasteiger charge is -2.18. The molecular formula is C37H34N4O5S3. The number of thioether (sulfide) groups is 1. The first-order valence-electron chi connectivity index (χ1n) is 15.3. The van der Waals surface area contributed by atoms with Crippen molar-refractivity contribution in [2.75, 3.05) is 35.0 Å². The molecule has 0 aliphatic heterocycles. The molecule has 0 bridgehead atoms. The predicted molar refractivity (Wildman–Crippen MR) is 202 cm³/mol. The Hall–Kier alpha value is -5.17. The molecule has 0 aliphatic carbocycles. The van der Waals surface area contributed by atoms with Gasteiger partial charge in [0.05, 0.1) is 29.8 Å². The molecule has 9 nitrogen and oxygen atoms in total. The quantitative estimate of drug-likeness (QED) is 0.0573. The van der Waals surface area contributed by atoms with Gasteiger partial charge in [-0.2, -0.15) is 0 Å². The molecule has 0 fully saturated rings. The van der Waals surface area contributed by atoms with Gasteiger partial charge in [-0.25, -0.2) is 4.79 Å². The van der Waals surface area contributed by atoms with Crippen molar-refractivity contribution < 1.29 is 23.9 Å². The van der Waals surface area contributed by atoms with Crippen molar-refractivity contribution in [3.8, 4) is 5.75 Å². The van der Waals surface area contributed by atoms with E-state index < -0.39 is 17.1 Å². The molecule has 0 saturated carbocycles. The van der Waals surface area contributed by atoms with Gasteiger partial charge >= 0.3 is 5.97 Å². The average molecular weight is 711 g/mol. The van der Waals surface area contributed by atoms with E-state index in [0.717, 1.165) is 33.2 Å². The second kappa shape index (κ2) is 16.8. The molecule has 12 heteroatoms. The Kier molecular flexibility index (Phi) is 12.0. The highest BCUT2D eigenvalue weighted by Crippen LogP contribution is 2.40. The maximum atomic E-state index is 14.1. The highest BCUT2D eigenvalue weighted by atomic mass is 32.2. The first kappa shape index (κ1) is 35.1. The smallest absolute Gasteiger partial charge is 0.341 e. The number of thiocarbonyl (C=S) groups is 1. The van der Waals surface area contributed by atoms with Crippen LogP contribution in [0.1, 0.15) is 43.3 Å². The van der Waals surface area contributed by atoms with E-state index in [1.807, 2.05) is 97.1 Å². The third-order valence-corrected chi connectivity index (χ3v) is 9.80. The zero-order chi connectivity index (χ0) is 34.8. The molecule has 0 saturated heterocycles. The van der Waals surface area contributed by atoms with E-state index in [0.29, 0.717) is 27.0 Å². The highest BCUT2D eigenvalue weighted by Gasteiger charge is 2.30. The molecule has 250 valence electrons. The normalized spacial score (nSPS) is 11.2. The van der Waals surface area contributed by atoms with Crippen LogP contribution in [-0.4, -0.2) is 36.6 Å². The van der Waals surface area contributed by atoms with Crippen LogP contribution in [0, 0.1) is 6.92 Å². The minimum atomic E-state index is -0.714. The summed E-state index contributed by atoms with van der Waals surface area (Å²) in [6, 6.07) is 33.4. The molecule has 4 aromatic carbocycles. The Labute approximate surface area is 298 Å². The zero-order valence-corrected chi connectivity index (χ0v) is 29.4. The second-order valence-electron chi connectivity index (χ2n) is 10.5. The number of carbonyl (C=O) groups is 3. The number of benzene rings is 4. The molecule has 5 rings (SSSR count).